The van der Waals surface area contributed by atoms with Crippen LogP contribution < -0.4 is 5.32 Å². The van der Waals surface area contributed by atoms with Crippen LogP contribution in [0.3, 0.4) is 0 Å². The van der Waals surface area contributed by atoms with Gasteiger partial charge in [-0.25, -0.2) is 0 Å². The third kappa shape index (κ3) is 1.98. The lowest BCUT2D eigenvalue weighted by Gasteiger charge is -2.27. The third-order valence-electron chi connectivity index (χ3n) is 3.71. The Labute approximate surface area is 89.0 Å². The van der Waals surface area contributed by atoms with Gasteiger partial charge in [0, 0.05) is 6.54 Å². The number of aliphatic carboxylic acids is 1. The standard InChI is InChI=1S/C11H17NO3/c13-10-9(7-4-2-1-3-5-7)8(6-12-10)11(14)15/h7-9H,1-6H2,(H,12,13)(H,14,15). The maximum atomic E-state index is 11.6. The van der Waals surface area contributed by atoms with Crippen LogP contribution in [0.2, 0.25) is 0 Å². The Hall–Kier alpha value is -1.06. The van der Waals surface area contributed by atoms with Gasteiger partial charge in [-0.1, -0.05) is 19.3 Å². The SMILES string of the molecule is O=C(O)C1CNC(=O)C1C1CCCCC1. The molecule has 1 heterocycles. The van der Waals surface area contributed by atoms with E-state index in [1.165, 1.54) is 6.42 Å². The normalized spacial score (nSPS) is 32.7. The second kappa shape index (κ2) is 4.21. The molecule has 2 atom stereocenters. The molecule has 2 aliphatic rings. The van der Waals surface area contributed by atoms with Crippen molar-refractivity contribution in [3.63, 3.8) is 0 Å². The summed E-state index contributed by atoms with van der Waals surface area (Å²) < 4.78 is 0. The van der Waals surface area contributed by atoms with Crippen molar-refractivity contribution in [3.05, 3.63) is 0 Å². The Morgan fingerprint density at radius 3 is 2.53 bits per heavy atom. The largest absolute Gasteiger partial charge is 0.481 e. The minimum atomic E-state index is -0.830. The van der Waals surface area contributed by atoms with Crippen LogP contribution >= 0.6 is 0 Å². The van der Waals surface area contributed by atoms with Crippen LogP contribution in [-0.4, -0.2) is 23.5 Å². The molecule has 84 valence electrons. The van der Waals surface area contributed by atoms with Crippen molar-refractivity contribution in [1.82, 2.24) is 5.32 Å². The van der Waals surface area contributed by atoms with Crippen molar-refractivity contribution in [2.24, 2.45) is 17.8 Å². The van der Waals surface area contributed by atoms with Crippen molar-refractivity contribution in [1.29, 1.82) is 0 Å². The van der Waals surface area contributed by atoms with Gasteiger partial charge in [-0.05, 0) is 18.8 Å². The molecule has 0 aromatic carbocycles. The molecule has 4 heteroatoms. The molecule has 0 aromatic heterocycles. The van der Waals surface area contributed by atoms with Crippen LogP contribution in [0.25, 0.3) is 0 Å². The Balaban J connectivity index is 2.09. The minimum Gasteiger partial charge on any atom is -0.481 e. The fourth-order valence-corrected chi connectivity index (χ4v) is 2.91. The number of carboxylic acid groups (broad SMARTS) is 1. The van der Waals surface area contributed by atoms with Crippen molar-refractivity contribution < 1.29 is 14.7 Å². The Morgan fingerprint density at radius 1 is 1.27 bits per heavy atom. The van der Waals surface area contributed by atoms with Crippen LogP contribution in [0.5, 0.6) is 0 Å². The highest BCUT2D eigenvalue weighted by atomic mass is 16.4. The molecule has 0 spiro atoms. The predicted molar refractivity (Wildman–Crippen MR) is 54.2 cm³/mol. The van der Waals surface area contributed by atoms with Crippen LogP contribution in [0.1, 0.15) is 32.1 Å². The molecule has 1 saturated heterocycles. The Morgan fingerprint density at radius 2 is 1.93 bits per heavy atom. The second-order valence-corrected chi connectivity index (χ2v) is 4.61. The highest BCUT2D eigenvalue weighted by molar-refractivity contribution is 5.88. The summed E-state index contributed by atoms with van der Waals surface area (Å²) in [6, 6.07) is 0. The lowest BCUT2D eigenvalue weighted by Crippen LogP contribution is -2.32. The van der Waals surface area contributed by atoms with E-state index in [0.717, 1.165) is 25.7 Å². The maximum absolute atomic E-state index is 11.6. The topological polar surface area (TPSA) is 66.4 Å². The summed E-state index contributed by atoms with van der Waals surface area (Å²) >= 11 is 0. The fraction of sp³-hybridized carbons (Fsp3) is 0.818. The number of carbonyl (C=O) groups excluding carboxylic acids is 1. The van der Waals surface area contributed by atoms with E-state index < -0.39 is 11.9 Å². The van der Waals surface area contributed by atoms with Crippen LogP contribution in [0, 0.1) is 17.8 Å². The molecule has 2 rings (SSSR count). The first-order valence-electron chi connectivity index (χ1n) is 5.70. The van der Waals surface area contributed by atoms with Gasteiger partial charge in [0.05, 0.1) is 11.8 Å². The predicted octanol–water partition coefficient (Wildman–Crippen LogP) is 1.01. The van der Waals surface area contributed by atoms with Crippen LogP contribution in [0.4, 0.5) is 0 Å². The zero-order chi connectivity index (χ0) is 10.8. The number of hydrogen-bond acceptors (Lipinski definition) is 2. The first kappa shape index (κ1) is 10.5. The van der Waals surface area contributed by atoms with E-state index in [4.69, 9.17) is 5.11 Å². The van der Waals surface area contributed by atoms with Gasteiger partial charge in [-0.15, -0.1) is 0 Å². The van der Waals surface area contributed by atoms with Crippen molar-refractivity contribution in [3.8, 4) is 0 Å². The van der Waals surface area contributed by atoms with Gasteiger partial charge in [0.15, 0.2) is 0 Å². The number of nitrogens with one attached hydrogen (secondary N) is 1. The van der Waals surface area contributed by atoms with E-state index in [1.54, 1.807) is 0 Å². The number of rotatable bonds is 2. The summed E-state index contributed by atoms with van der Waals surface area (Å²) in [4.78, 5) is 22.6. The highest BCUT2D eigenvalue weighted by Crippen LogP contribution is 2.36. The van der Waals surface area contributed by atoms with Crippen LogP contribution in [-0.2, 0) is 9.59 Å². The summed E-state index contributed by atoms with van der Waals surface area (Å²) in [5.41, 5.74) is 0. The van der Waals surface area contributed by atoms with Crippen molar-refractivity contribution >= 4 is 11.9 Å². The summed E-state index contributed by atoms with van der Waals surface area (Å²) in [6.45, 7) is 0.315. The summed E-state index contributed by atoms with van der Waals surface area (Å²) in [7, 11) is 0. The lowest BCUT2D eigenvalue weighted by molar-refractivity contribution is -0.145. The molecular formula is C11H17NO3. The molecule has 2 unspecified atom stereocenters. The van der Waals surface area contributed by atoms with E-state index in [9.17, 15) is 9.59 Å². The van der Waals surface area contributed by atoms with E-state index in [-0.39, 0.29) is 11.8 Å². The van der Waals surface area contributed by atoms with Crippen molar-refractivity contribution in [2.75, 3.05) is 6.54 Å². The van der Waals surface area contributed by atoms with Gasteiger partial charge in [0.25, 0.3) is 0 Å². The maximum Gasteiger partial charge on any atom is 0.309 e. The number of carbonyl (C=O) groups is 2. The highest BCUT2D eigenvalue weighted by Gasteiger charge is 2.44. The molecule has 15 heavy (non-hydrogen) atoms. The number of carboxylic acids is 1. The van der Waals surface area contributed by atoms with Gasteiger partial charge in [0.1, 0.15) is 0 Å². The van der Waals surface area contributed by atoms with Gasteiger partial charge < -0.3 is 10.4 Å². The van der Waals surface area contributed by atoms with Gasteiger partial charge >= 0.3 is 5.97 Å². The molecule has 0 bridgehead atoms. The summed E-state index contributed by atoms with van der Waals surface area (Å²) in [5.74, 6) is -1.36. The Bertz CT molecular complexity index is 271. The average molecular weight is 211 g/mol. The monoisotopic (exact) mass is 211 g/mol. The molecule has 2 fully saturated rings. The zero-order valence-corrected chi connectivity index (χ0v) is 8.74. The Kier molecular flexibility index (Phi) is 2.93. The van der Waals surface area contributed by atoms with E-state index in [1.807, 2.05) is 0 Å². The number of amides is 1. The molecule has 0 radical (unpaired) electrons. The van der Waals surface area contributed by atoms with Crippen molar-refractivity contribution in [2.45, 2.75) is 32.1 Å². The fourth-order valence-electron chi connectivity index (χ4n) is 2.91. The summed E-state index contributed by atoms with van der Waals surface area (Å²) in [5, 5.41) is 11.7. The number of hydrogen-bond donors (Lipinski definition) is 2. The molecule has 1 saturated carbocycles. The molecule has 2 N–H and O–H groups in total. The first-order valence-corrected chi connectivity index (χ1v) is 5.70. The molecule has 1 amide bonds. The average Bonchev–Trinajstić information content (AvgIpc) is 2.61. The molecular weight excluding hydrogens is 194 g/mol. The van der Waals surface area contributed by atoms with Crippen LogP contribution in [0.15, 0.2) is 0 Å². The van der Waals surface area contributed by atoms with Gasteiger partial charge in [-0.2, -0.15) is 0 Å². The van der Waals surface area contributed by atoms with E-state index in [2.05, 4.69) is 5.32 Å². The molecule has 1 aliphatic carbocycles. The quantitative estimate of drug-likeness (QED) is 0.716. The first-order chi connectivity index (χ1) is 7.20. The smallest absolute Gasteiger partial charge is 0.309 e. The molecule has 4 nitrogen and oxygen atoms in total. The molecule has 1 aliphatic heterocycles. The zero-order valence-electron chi connectivity index (χ0n) is 8.74. The van der Waals surface area contributed by atoms with E-state index in [0.29, 0.717) is 12.5 Å². The summed E-state index contributed by atoms with van der Waals surface area (Å²) in [6.07, 6.45) is 5.54. The van der Waals surface area contributed by atoms with Gasteiger partial charge in [0.2, 0.25) is 5.91 Å². The second-order valence-electron chi connectivity index (χ2n) is 4.61. The molecule has 0 aromatic rings. The lowest BCUT2D eigenvalue weighted by atomic mass is 9.75. The van der Waals surface area contributed by atoms with E-state index >= 15 is 0 Å². The third-order valence-corrected chi connectivity index (χ3v) is 3.71. The minimum absolute atomic E-state index is 0.0469. The van der Waals surface area contributed by atoms with Gasteiger partial charge in [-0.3, -0.25) is 9.59 Å².